The largest absolute Gasteiger partial charge is 0.355 e. The van der Waals surface area contributed by atoms with Crippen molar-refractivity contribution >= 4 is 5.82 Å². The highest BCUT2D eigenvalue weighted by atomic mass is 19.1. The second kappa shape index (κ2) is 7.01. The van der Waals surface area contributed by atoms with E-state index in [0.29, 0.717) is 6.54 Å². The molecule has 0 saturated carbocycles. The van der Waals surface area contributed by atoms with Gasteiger partial charge in [-0.05, 0) is 18.2 Å². The van der Waals surface area contributed by atoms with Crippen LogP contribution in [0.5, 0.6) is 0 Å². The Morgan fingerprint density at radius 2 is 2.00 bits per heavy atom. The SMILES string of the molecule is CCNCc1cc(F)cnc1N(C)Cc1ccccc1. The number of aromatic nitrogens is 1. The second-order valence-corrected chi connectivity index (χ2v) is 4.76. The number of halogens is 1. The molecule has 1 aromatic heterocycles. The molecule has 0 aliphatic carbocycles. The maximum absolute atomic E-state index is 13.4. The van der Waals surface area contributed by atoms with Gasteiger partial charge in [-0.15, -0.1) is 0 Å². The summed E-state index contributed by atoms with van der Waals surface area (Å²) in [6.45, 7) is 4.24. The van der Waals surface area contributed by atoms with Crippen molar-refractivity contribution in [1.29, 1.82) is 0 Å². The van der Waals surface area contributed by atoms with Gasteiger partial charge in [0.25, 0.3) is 0 Å². The Labute approximate surface area is 119 Å². The fourth-order valence-electron chi connectivity index (χ4n) is 2.14. The van der Waals surface area contributed by atoms with Gasteiger partial charge in [-0.3, -0.25) is 0 Å². The van der Waals surface area contributed by atoms with Crippen LogP contribution >= 0.6 is 0 Å². The van der Waals surface area contributed by atoms with Crippen LogP contribution in [0.15, 0.2) is 42.6 Å². The Bertz CT molecular complexity index is 543. The minimum atomic E-state index is -0.297. The van der Waals surface area contributed by atoms with Gasteiger partial charge in [0.2, 0.25) is 0 Å². The molecule has 0 aliphatic rings. The van der Waals surface area contributed by atoms with Gasteiger partial charge >= 0.3 is 0 Å². The van der Waals surface area contributed by atoms with E-state index in [4.69, 9.17) is 0 Å². The summed E-state index contributed by atoms with van der Waals surface area (Å²) in [4.78, 5) is 6.28. The monoisotopic (exact) mass is 273 g/mol. The van der Waals surface area contributed by atoms with E-state index in [0.717, 1.165) is 24.5 Å². The summed E-state index contributed by atoms with van der Waals surface area (Å²) in [5, 5.41) is 3.22. The summed E-state index contributed by atoms with van der Waals surface area (Å²) in [7, 11) is 1.97. The van der Waals surface area contributed by atoms with Crippen LogP contribution in [-0.4, -0.2) is 18.6 Å². The highest BCUT2D eigenvalue weighted by molar-refractivity contribution is 5.46. The van der Waals surface area contributed by atoms with Gasteiger partial charge in [-0.1, -0.05) is 37.3 Å². The van der Waals surface area contributed by atoms with Gasteiger partial charge < -0.3 is 10.2 Å². The Hall–Kier alpha value is -1.94. The molecule has 0 radical (unpaired) electrons. The first kappa shape index (κ1) is 14.5. The molecular weight excluding hydrogens is 253 g/mol. The molecule has 2 rings (SSSR count). The number of nitrogens with one attached hydrogen (secondary N) is 1. The lowest BCUT2D eigenvalue weighted by Crippen LogP contribution is -2.22. The second-order valence-electron chi connectivity index (χ2n) is 4.76. The van der Waals surface area contributed by atoms with Crippen LogP contribution in [0.4, 0.5) is 10.2 Å². The molecule has 20 heavy (non-hydrogen) atoms. The molecule has 0 unspecified atom stereocenters. The molecule has 0 amide bonds. The van der Waals surface area contributed by atoms with Crippen molar-refractivity contribution < 1.29 is 4.39 Å². The van der Waals surface area contributed by atoms with Crippen LogP contribution in [0.3, 0.4) is 0 Å². The molecule has 0 spiro atoms. The number of nitrogens with zero attached hydrogens (tertiary/aromatic N) is 2. The third kappa shape index (κ3) is 3.78. The lowest BCUT2D eigenvalue weighted by molar-refractivity contribution is 0.613. The summed E-state index contributed by atoms with van der Waals surface area (Å²) >= 11 is 0. The van der Waals surface area contributed by atoms with Crippen molar-refractivity contribution in [3.05, 3.63) is 59.5 Å². The molecule has 2 aromatic rings. The third-order valence-corrected chi connectivity index (χ3v) is 3.10. The zero-order valence-electron chi connectivity index (χ0n) is 11.9. The summed E-state index contributed by atoms with van der Waals surface area (Å²) in [6.07, 6.45) is 1.27. The molecule has 1 aromatic carbocycles. The summed E-state index contributed by atoms with van der Waals surface area (Å²) in [6, 6.07) is 11.7. The predicted octanol–water partition coefficient (Wildman–Crippen LogP) is 2.97. The van der Waals surface area contributed by atoms with Gasteiger partial charge in [0.1, 0.15) is 11.6 Å². The van der Waals surface area contributed by atoms with Crippen LogP contribution in [0.1, 0.15) is 18.1 Å². The molecule has 0 saturated heterocycles. The Balaban J connectivity index is 2.18. The van der Waals surface area contributed by atoms with Gasteiger partial charge in [0, 0.05) is 25.7 Å². The molecule has 3 nitrogen and oxygen atoms in total. The van der Waals surface area contributed by atoms with Crippen molar-refractivity contribution in [2.45, 2.75) is 20.0 Å². The highest BCUT2D eigenvalue weighted by Gasteiger charge is 2.10. The number of rotatable bonds is 6. The smallest absolute Gasteiger partial charge is 0.141 e. The van der Waals surface area contributed by atoms with E-state index in [1.54, 1.807) is 6.07 Å². The van der Waals surface area contributed by atoms with Crippen LogP contribution in [0.25, 0.3) is 0 Å². The van der Waals surface area contributed by atoms with Crippen molar-refractivity contribution in [3.8, 4) is 0 Å². The Kier molecular flexibility index (Phi) is 5.07. The minimum absolute atomic E-state index is 0.297. The van der Waals surface area contributed by atoms with Gasteiger partial charge in [-0.2, -0.15) is 0 Å². The maximum atomic E-state index is 13.4. The molecule has 0 aliphatic heterocycles. The first-order valence-electron chi connectivity index (χ1n) is 6.81. The third-order valence-electron chi connectivity index (χ3n) is 3.10. The van der Waals surface area contributed by atoms with Crippen molar-refractivity contribution in [2.75, 3.05) is 18.5 Å². The first-order valence-corrected chi connectivity index (χ1v) is 6.81. The van der Waals surface area contributed by atoms with Gasteiger partial charge in [0.05, 0.1) is 6.20 Å². The molecular formula is C16H20FN3. The highest BCUT2D eigenvalue weighted by Crippen LogP contribution is 2.19. The normalized spacial score (nSPS) is 10.6. The maximum Gasteiger partial charge on any atom is 0.141 e. The van der Waals surface area contributed by atoms with Crippen LogP contribution < -0.4 is 10.2 Å². The number of hydrogen-bond acceptors (Lipinski definition) is 3. The molecule has 106 valence electrons. The quantitative estimate of drug-likeness (QED) is 0.877. The van der Waals surface area contributed by atoms with Crippen LogP contribution in [0, 0.1) is 5.82 Å². The fourth-order valence-corrected chi connectivity index (χ4v) is 2.14. The van der Waals surface area contributed by atoms with E-state index >= 15 is 0 Å². The van der Waals surface area contributed by atoms with E-state index < -0.39 is 0 Å². The van der Waals surface area contributed by atoms with Crippen LogP contribution in [-0.2, 0) is 13.1 Å². The van der Waals surface area contributed by atoms with Gasteiger partial charge in [-0.25, -0.2) is 9.37 Å². The van der Waals surface area contributed by atoms with E-state index in [1.165, 1.54) is 11.8 Å². The van der Waals surface area contributed by atoms with E-state index in [9.17, 15) is 4.39 Å². The summed E-state index contributed by atoms with van der Waals surface area (Å²) in [5.74, 6) is 0.519. The zero-order valence-corrected chi connectivity index (χ0v) is 11.9. The first-order chi connectivity index (χ1) is 9.70. The zero-order chi connectivity index (χ0) is 14.4. The minimum Gasteiger partial charge on any atom is -0.355 e. The van der Waals surface area contributed by atoms with Crippen molar-refractivity contribution in [1.82, 2.24) is 10.3 Å². The van der Waals surface area contributed by atoms with Gasteiger partial charge in [0.15, 0.2) is 0 Å². The molecule has 0 fully saturated rings. The molecule has 1 N–H and O–H groups in total. The van der Waals surface area contributed by atoms with Crippen molar-refractivity contribution in [3.63, 3.8) is 0 Å². The predicted molar refractivity (Wildman–Crippen MR) is 80.1 cm³/mol. The summed E-state index contributed by atoms with van der Waals surface area (Å²) in [5.41, 5.74) is 2.08. The molecule has 4 heteroatoms. The van der Waals surface area contributed by atoms with E-state index in [2.05, 4.69) is 22.4 Å². The van der Waals surface area contributed by atoms with E-state index in [1.807, 2.05) is 37.1 Å². The number of anilines is 1. The fraction of sp³-hybridized carbons (Fsp3) is 0.312. The number of benzene rings is 1. The van der Waals surface area contributed by atoms with E-state index in [-0.39, 0.29) is 5.82 Å². The van der Waals surface area contributed by atoms with Crippen LogP contribution in [0.2, 0.25) is 0 Å². The lowest BCUT2D eigenvalue weighted by Gasteiger charge is -2.21. The standard InChI is InChI=1S/C16H20FN3/c1-3-18-10-14-9-15(17)11-19-16(14)20(2)12-13-7-5-4-6-8-13/h4-9,11,18H,3,10,12H2,1-2H3. The van der Waals surface area contributed by atoms with Crippen molar-refractivity contribution in [2.24, 2.45) is 0 Å². The molecule has 0 bridgehead atoms. The topological polar surface area (TPSA) is 28.2 Å². The number of hydrogen-bond donors (Lipinski definition) is 1. The Morgan fingerprint density at radius 3 is 2.70 bits per heavy atom. The lowest BCUT2D eigenvalue weighted by atomic mass is 10.2. The average Bonchev–Trinajstić information content (AvgIpc) is 2.46. The number of pyridine rings is 1. The molecule has 1 heterocycles. The molecule has 0 atom stereocenters. The average molecular weight is 273 g/mol. The summed E-state index contributed by atoms with van der Waals surface area (Å²) < 4.78 is 13.4. The Morgan fingerprint density at radius 1 is 1.25 bits per heavy atom.